The minimum Gasteiger partial charge on any atom is -0.496 e. The van der Waals surface area contributed by atoms with E-state index in [1.54, 1.807) is 7.11 Å². The second-order valence-electron chi connectivity index (χ2n) is 4.49. The fraction of sp³-hybridized carbons (Fsp3) is 0.615. The molecule has 1 aliphatic heterocycles. The highest BCUT2D eigenvalue weighted by atomic mass is 32.1. The maximum atomic E-state index is 12.3. The van der Waals surface area contributed by atoms with E-state index in [1.807, 2.05) is 23.3 Å². The van der Waals surface area contributed by atoms with Crippen LogP contribution in [0.15, 0.2) is 11.4 Å². The van der Waals surface area contributed by atoms with E-state index in [4.69, 9.17) is 4.74 Å². The maximum Gasteiger partial charge on any atom is 0.264 e. The number of nitrogens with zero attached hydrogens (tertiary/aromatic N) is 1. The van der Waals surface area contributed by atoms with Crippen LogP contribution >= 0.6 is 11.3 Å². The number of likely N-dealkylation sites (N-methyl/N-ethyl adjacent to an activating group) is 1. The third-order valence-corrected chi connectivity index (χ3v) is 4.19. The first-order valence-electron chi connectivity index (χ1n) is 6.39. The molecule has 18 heavy (non-hydrogen) atoms. The van der Waals surface area contributed by atoms with Crippen LogP contribution in [0, 0.1) is 0 Å². The van der Waals surface area contributed by atoms with Gasteiger partial charge in [-0.25, -0.2) is 0 Å². The molecule has 1 aromatic rings. The zero-order chi connectivity index (χ0) is 13.0. The molecule has 1 unspecified atom stereocenters. The quantitative estimate of drug-likeness (QED) is 0.887. The second kappa shape index (κ2) is 6.20. The number of carbonyl (C=O) groups excluding carboxylic acids is 1. The van der Waals surface area contributed by atoms with E-state index >= 15 is 0 Å². The molecule has 1 fully saturated rings. The Morgan fingerprint density at radius 2 is 2.50 bits per heavy atom. The maximum absolute atomic E-state index is 12.3. The molecule has 0 spiro atoms. The lowest BCUT2D eigenvalue weighted by molar-refractivity contribution is 0.0756. The summed E-state index contributed by atoms with van der Waals surface area (Å²) in [7, 11) is 1.62. The SMILES string of the molecule is CCN(CC1CCCN1)C(=O)c1cc(OC)cs1. The fourth-order valence-corrected chi connectivity index (χ4v) is 3.05. The van der Waals surface area contributed by atoms with Crippen molar-refractivity contribution < 1.29 is 9.53 Å². The Morgan fingerprint density at radius 1 is 1.67 bits per heavy atom. The predicted octanol–water partition coefficient (Wildman–Crippen LogP) is 1.97. The van der Waals surface area contributed by atoms with Gasteiger partial charge in [0, 0.05) is 30.6 Å². The molecule has 0 saturated carbocycles. The molecule has 1 N–H and O–H groups in total. The lowest BCUT2D eigenvalue weighted by Gasteiger charge is -2.23. The van der Waals surface area contributed by atoms with Gasteiger partial charge >= 0.3 is 0 Å². The zero-order valence-corrected chi connectivity index (χ0v) is 11.8. The van der Waals surface area contributed by atoms with Gasteiger partial charge in [0.15, 0.2) is 0 Å². The van der Waals surface area contributed by atoms with Gasteiger partial charge in [-0.05, 0) is 26.3 Å². The first kappa shape index (κ1) is 13.4. The number of hydrogen-bond acceptors (Lipinski definition) is 4. The van der Waals surface area contributed by atoms with Gasteiger partial charge in [-0.15, -0.1) is 11.3 Å². The molecule has 5 heteroatoms. The average molecular weight is 268 g/mol. The molecule has 1 amide bonds. The number of thiophene rings is 1. The number of amides is 1. The Labute approximate surface area is 112 Å². The fourth-order valence-electron chi connectivity index (χ4n) is 2.23. The van der Waals surface area contributed by atoms with Crippen molar-refractivity contribution in [1.82, 2.24) is 10.2 Å². The van der Waals surface area contributed by atoms with Crippen LogP contribution in [-0.4, -0.2) is 43.6 Å². The van der Waals surface area contributed by atoms with Crippen molar-refractivity contribution in [2.75, 3.05) is 26.7 Å². The minimum atomic E-state index is 0.111. The number of ether oxygens (including phenoxy) is 1. The van der Waals surface area contributed by atoms with Crippen LogP contribution in [0.25, 0.3) is 0 Å². The van der Waals surface area contributed by atoms with Crippen molar-refractivity contribution in [2.24, 2.45) is 0 Å². The average Bonchev–Trinajstić information content (AvgIpc) is 3.06. The Bertz CT molecular complexity index is 399. The summed E-state index contributed by atoms with van der Waals surface area (Å²) in [6.07, 6.45) is 2.38. The van der Waals surface area contributed by atoms with Crippen molar-refractivity contribution in [2.45, 2.75) is 25.8 Å². The molecule has 1 saturated heterocycles. The van der Waals surface area contributed by atoms with Gasteiger partial charge < -0.3 is 15.0 Å². The van der Waals surface area contributed by atoms with Gasteiger partial charge in [0.25, 0.3) is 5.91 Å². The van der Waals surface area contributed by atoms with Gasteiger partial charge in [-0.1, -0.05) is 0 Å². The third kappa shape index (κ3) is 3.03. The number of rotatable bonds is 5. The van der Waals surface area contributed by atoms with Gasteiger partial charge in [0.1, 0.15) is 5.75 Å². The predicted molar refractivity (Wildman–Crippen MR) is 73.5 cm³/mol. The lowest BCUT2D eigenvalue weighted by Crippen LogP contribution is -2.40. The second-order valence-corrected chi connectivity index (χ2v) is 5.40. The highest BCUT2D eigenvalue weighted by Gasteiger charge is 2.22. The van der Waals surface area contributed by atoms with Crippen LogP contribution in [0.3, 0.4) is 0 Å². The van der Waals surface area contributed by atoms with Crippen LogP contribution < -0.4 is 10.1 Å². The summed E-state index contributed by atoms with van der Waals surface area (Å²) in [5, 5.41) is 5.30. The zero-order valence-electron chi connectivity index (χ0n) is 10.9. The summed E-state index contributed by atoms with van der Waals surface area (Å²) < 4.78 is 5.12. The molecule has 0 bridgehead atoms. The molecule has 0 aliphatic carbocycles. The number of hydrogen-bond donors (Lipinski definition) is 1. The summed E-state index contributed by atoms with van der Waals surface area (Å²) in [6, 6.07) is 2.27. The van der Waals surface area contributed by atoms with Gasteiger partial charge in [0.05, 0.1) is 12.0 Å². The van der Waals surface area contributed by atoms with Crippen LogP contribution in [0.1, 0.15) is 29.4 Å². The molecule has 1 aliphatic rings. The first-order chi connectivity index (χ1) is 8.74. The van der Waals surface area contributed by atoms with Gasteiger partial charge in [0.2, 0.25) is 0 Å². The molecule has 100 valence electrons. The minimum absolute atomic E-state index is 0.111. The summed E-state index contributed by atoms with van der Waals surface area (Å²) in [6.45, 7) is 4.65. The van der Waals surface area contributed by atoms with E-state index in [1.165, 1.54) is 17.8 Å². The van der Waals surface area contributed by atoms with Crippen LogP contribution in [0.2, 0.25) is 0 Å². The summed E-state index contributed by atoms with van der Waals surface area (Å²) in [4.78, 5) is 15.0. The smallest absolute Gasteiger partial charge is 0.264 e. The summed E-state index contributed by atoms with van der Waals surface area (Å²) >= 11 is 1.45. The van der Waals surface area contributed by atoms with Crippen molar-refractivity contribution in [3.63, 3.8) is 0 Å². The molecular weight excluding hydrogens is 248 g/mol. The summed E-state index contributed by atoms with van der Waals surface area (Å²) in [5.74, 6) is 0.873. The van der Waals surface area contributed by atoms with E-state index in [9.17, 15) is 4.79 Å². The number of nitrogens with one attached hydrogen (secondary N) is 1. The monoisotopic (exact) mass is 268 g/mol. The molecule has 1 atom stereocenters. The lowest BCUT2D eigenvalue weighted by atomic mass is 10.2. The van der Waals surface area contributed by atoms with Crippen molar-refractivity contribution >= 4 is 17.2 Å². The van der Waals surface area contributed by atoms with E-state index in [0.29, 0.717) is 6.04 Å². The largest absolute Gasteiger partial charge is 0.496 e. The van der Waals surface area contributed by atoms with Gasteiger partial charge in [-0.3, -0.25) is 4.79 Å². The third-order valence-electron chi connectivity index (χ3n) is 3.29. The van der Waals surface area contributed by atoms with E-state index < -0.39 is 0 Å². The standard InChI is InChI=1S/C13H20N2O2S/c1-3-15(8-10-5-4-6-14-10)13(16)12-7-11(17-2)9-18-12/h7,9-10,14H,3-6,8H2,1-2H3. The van der Waals surface area contributed by atoms with E-state index in [0.717, 1.165) is 36.7 Å². The number of methoxy groups -OCH3 is 1. The normalized spacial score (nSPS) is 18.9. The topological polar surface area (TPSA) is 41.6 Å². The molecular formula is C13H20N2O2S. The molecule has 2 heterocycles. The van der Waals surface area contributed by atoms with Crippen LogP contribution in [0.5, 0.6) is 5.75 Å². The highest BCUT2D eigenvalue weighted by molar-refractivity contribution is 7.12. The van der Waals surface area contributed by atoms with Crippen molar-refractivity contribution in [1.29, 1.82) is 0 Å². The Balaban J connectivity index is 1.99. The van der Waals surface area contributed by atoms with Gasteiger partial charge in [-0.2, -0.15) is 0 Å². The highest BCUT2D eigenvalue weighted by Crippen LogP contribution is 2.22. The Kier molecular flexibility index (Phi) is 4.60. The van der Waals surface area contributed by atoms with Crippen molar-refractivity contribution in [3.8, 4) is 5.75 Å². The number of carbonyl (C=O) groups is 1. The Hall–Kier alpha value is -1.07. The first-order valence-corrected chi connectivity index (χ1v) is 7.27. The van der Waals surface area contributed by atoms with Crippen LogP contribution in [0.4, 0.5) is 0 Å². The Morgan fingerprint density at radius 3 is 3.06 bits per heavy atom. The molecule has 0 aromatic carbocycles. The summed E-state index contributed by atoms with van der Waals surface area (Å²) in [5.41, 5.74) is 0. The molecule has 4 nitrogen and oxygen atoms in total. The van der Waals surface area contributed by atoms with Crippen molar-refractivity contribution in [3.05, 3.63) is 16.3 Å². The molecule has 0 radical (unpaired) electrons. The van der Waals surface area contributed by atoms with E-state index in [-0.39, 0.29) is 5.91 Å². The molecule has 1 aromatic heterocycles. The van der Waals surface area contributed by atoms with E-state index in [2.05, 4.69) is 5.32 Å². The van der Waals surface area contributed by atoms with Crippen LogP contribution in [-0.2, 0) is 0 Å². The molecule has 2 rings (SSSR count).